The summed E-state index contributed by atoms with van der Waals surface area (Å²) in [6.07, 6.45) is -3.22. The Morgan fingerprint density at radius 3 is 2.70 bits per heavy atom. The Kier molecular flexibility index (Phi) is 4.71. The molecule has 0 amide bonds. The molecule has 128 valence electrons. The van der Waals surface area contributed by atoms with E-state index < -0.39 is 47.9 Å². The first kappa shape index (κ1) is 17.3. The van der Waals surface area contributed by atoms with Crippen molar-refractivity contribution in [3.8, 4) is 0 Å². The highest BCUT2D eigenvalue weighted by Crippen LogP contribution is 2.37. The van der Waals surface area contributed by atoms with Crippen molar-refractivity contribution >= 4 is 5.97 Å². The van der Waals surface area contributed by atoms with Gasteiger partial charge in [0.2, 0.25) is 0 Å². The maximum absolute atomic E-state index is 12.0. The highest BCUT2D eigenvalue weighted by molar-refractivity contribution is 5.72. The van der Waals surface area contributed by atoms with Crippen LogP contribution < -0.4 is 11.2 Å². The van der Waals surface area contributed by atoms with E-state index in [-0.39, 0.29) is 12.0 Å². The van der Waals surface area contributed by atoms with E-state index in [1.807, 2.05) is 4.98 Å². The first-order valence-corrected chi connectivity index (χ1v) is 6.80. The molecule has 0 aromatic carbocycles. The maximum Gasteiger partial charge on any atom is 0.330 e. The van der Waals surface area contributed by atoms with Crippen LogP contribution in [0.2, 0.25) is 0 Å². The quantitative estimate of drug-likeness (QED) is 0.434. The average Bonchev–Trinajstić information content (AvgIpc) is 2.72. The van der Waals surface area contributed by atoms with Crippen molar-refractivity contribution in [2.45, 2.75) is 37.4 Å². The molecule has 1 aromatic heterocycles. The second kappa shape index (κ2) is 6.24. The van der Waals surface area contributed by atoms with Crippen LogP contribution in [0.15, 0.2) is 15.8 Å². The van der Waals surface area contributed by atoms with Crippen LogP contribution in [-0.4, -0.2) is 62.4 Å². The molecule has 10 heteroatoms. The van der Waals surface area contributed by atoms with E-state index >= 15 is 0 Å². The number of rotatable bonds is 4. The number of nitrogens with one attached hydrogen (secondary N) is 1. The third kappa shape index (κ3) is 3.06. The van der Waals surface area contributed by atoms with Crippen molar-refractivity contribution in [2.24, 2.45) is 0 Å². The topological polar surface area (TPSA) is 151 Å². The number of nitrogens with zero attached hydrogens (tertiary/aromatic N) is 1. The number of esters is 1. The monoisotopic (exact) mass is 330 g/mol. The van der Waals surface area contributed by atoms with Crippen LogP contribution in [0, 0.1) is 0 Å². The summed E-state index contributed by atoms with van der Waals surface area (Å²) in [5.41, 5.74) is -3.62. The minimum atomic E-state index is -1.89. The number of ether oxygens (including phenoxy) is 2. The average molecular weight is 330 g/mol. The molecular weight excluding hydrogens is 312 g/mol. The lowest BCUT2D eigenvalue weighted by Gasteiger charge is -2.27. The van der Waals surface area contributed by atoms with Crippen LogP contribution in [-0.2, 0) is 20.7 Å². The minimum absolute atomic E-state index is 0.0715. The van der Waals surface area contributed by atoms with E-state index in [1.54, 1.807) is 0 Å². The van der Waals surface area contributed by atoms with Crippen molar-refractivity contribution in [3.05, 3.63) is 32.6 Å². The molecule has 10 nitrogen and oxygen atoms in total. The molecule has 4 N–H and O–H groups in total. The van der Waals surface area contributed by atoms with Gasteiger partial charge in [-0.05, 0) is 6.92 Å². The number of aliphatic hydroxyl groups excluding tert-OH is 2. The molecule has 0 aliphatic carbocycles. The van der Waals surface area contributed by atoms with Crippen LogP contribution >= 0.6 is 0 Å². The number of aliphatic hydroxyl groups is 3. The van der Waals surface area contributed by atoms with Gasteiger partial charge in [0.15, 0.2) is 6.23 Å². The van der Waals surface area contributed by atoms with Crippen molar-refractivity contribution < 1.29 is 29.6 Å². The molecule has 0 saturated carbocycles. The molecule has 1 aromatic rings. The summed E-state index contributed by atoms with van der Waals surface area (Å²) in [4.78, 5) is 37.0. The van der Waals surface area contributed by atoms with Crippen LogP contribution in [0.3, 0.4) is 0 Å². The van der Waals surface area contributed by atoms with Gasteiger partial charge in [-0.1, -0.05) is 0 Å². The lowest BCUT2D eigenvalue weighted by atomic mass is 9.96. The van der Waals surface area contributed by atoms with E-state index in [1.165, 1.54) is 6.92 Å². The Hall–Kier alpha value is -2.01. The Labute approximate surface area is 129 Å². The van der Waals surface area contributed by atoms with Crippen molar-refractivity contribution in [1.82, 2.24) is 9.55 Å². The summed E-state index contributed by atoms with van der Waals surface area (Å²) in [6.45, 7) is 0.663. The highest BCUT2D eigenvalue weighted by atomic mass is 16.6. The SMILES string of the molecule is COC(=O)Cc1cn([C@@H]2O[C@H](CO)[C@@H](O)[C@@]2(C)O)c(=O)[nH]c1=O. The van der Waals surface area contributed by atoms with Gasteiger partial charge in [0.1, 0.15) is 17.8 Å². The predicted octanol–water partition coefficient (Wildman–Crippen LogP) is -2.75. The lowest BCUT2D eigenvalue weighted by Crippen LogP contribution is -2.47. The minimum Gasteiger partial charge on any atom is -0.469 e. The van der Waals surface area contributed by atoms with Gasteiger partial charge in [0, 0.05) is 11.8 Å². The number of carbonyl (C=O) groups excluding carboxylic acids is 1. The van der Waals surface area contributed by atoms with Gasteiger partial charge in [-0.25, -0.2) is 4.79 Å². The van der Waals surface area contributed by atoms with E-state index in [0.29, 0.717) is 0 Å². The second-order valence-electron chi connectivity index (χ2n) is 5.45. The number of hydrogen-bond acceptors (Lipinski definition) is 8. The van der Waals surface area contributed by atoms with E-state index in [2.05, 4.69) is 4.74 Å². The summed E-state index contributed by atoms with van der Waals surface area (Å²) >= 11 is 0. The smallest absolute Gasteiger partial charge is 0.330 e. The fraction of sp³-hybridized carbons (Fsp3) is 0.615. The Morgan fingerprint density at radius 1 is 1.52 bits per heavy atom. The molecule has 1 fully saturated rings. The summed E-state index contributed by atoms with van der Waals surface area (Å²) in [6, 6.07) is 0. The fourth-order valence-electron chi connectivity index (χ4n) is 2.45. The summed E-state index contributed by atoms with van der Waals surface area (Å²) in [5, 5.41) is 29.5. The van der Waals surface area contributed by atoms with E-state index in [9.17, 15) is 24.6 Å². The van der Waals surface area contributed by atoms with Gasteiger partial charge in [0.05, 0.1) is 20.1 Å². The largest absolute Gasteiger partial charge is 0.469 e. The molecule has 0 bridgehead atoms. The van der Waals surface area contributed by atoms with Gasteiger partial charge < -0.3 is 24.8 Å². The van der Waals surface area contributed by atoms with Gasteiger partial charge in [-0.2, -0.15) is 0 Å². The lowest BCUT2D eigenvalue weighted by molar-refractivity contribution is -0.139. The molecule has 1 aliphatic rings. The summed E-state index contributed by atoms with van der Waals surface area (Å²) in [7, 11) is 1.15. The number of carbonyl (C=O) groups is 1. The number of aromatic amines is 1. The zero-order valence-corrected chi connectivity index (χ0v) is 12.6. The third-order valence-corrected chi connectivity index (χ3v) is 3.79. The molecule has 2 rings (SSSR count). The number of methoxy groups -OCH3 is 1. The molecule has 0 unspecified atom stereocenters. The molecular formula is C13H18N2O8. The van der Waals surface area contributed by atoms with Gasteiger partial charge in [-0.3, -0.25) is 19.1 Å². The van der Waals surface area contributed by atoms with Crippen LogP contribution in [0.4, 0.5) is 0 Å². The molecule has 1 aliphatic heterocycles. The van der Waals surface area contributed by atoms with Crippen molar-refractivity contribution in [3.63, 3.8) is 0 Å². The van der Waals surface area contributed by atoms with E-state index in [4.69, 9.17) is 9.84 Å². The Bertz CT molecular complexity index is 707. The summed E-state index contributed by atoms with van der Waals surface area (Å²) in [5.74, 6) is -0.687. The first-order valence-electron chi connectivity index (χ1n) is 6.80. The van der Waals surface area contributed by atoms with Crippen LogP contribution in [0.5, 0.6) is 0 Å². The maximum atomic E-state index is 12.0. The Balaban J connectivity index is 2.47. The third-order valence-electron chi connectivity index (χ3n) is 3.79. The Morgan fingerprint density at radius 2 is 2.17 bits per heavy atom. The van der Waals surface area contributed by atoms with Gasteiger partial charge in [-0.15, -0.1) is 0 Å². The van der Waals surface area contributed by atoms with Gasteiger partial charge in [0.25, 0.3) is 5.56 Å². The zero-order valence-electron chi connectivity index (χ0n) is 12.6. The molecule has 23 heavy (non-hydrogen) atoms. The molecule has 4 atom stereocenters. The fourth-order valence-corrected chi connectivity index (χ4v) is 2.45. The zero-order chi connectivity index (χ0) is 17.4. The van der Waals surface area contributed by atoms with Crippen LogP contribution in [0.25, 0.3) is 0 Å². The van der Waals surface area contributed by atoms with Crippen molar-refractivity contribution in [2.75, 3.05) is 13.7 Å². The summed E-state index contributed by atoms with van der Waals surface area (Å²) < 4.78 is 10.6. The molecule has 0 radical (unpaired) electrons. The number of H-pyrrole nitrogens is 1. The van der Waals surface area contributed by atoms with Gasteiger partial charge >= 0.3 is 11.7 Å². The normalized spacial score (nSPS) is 30.4. The highest BCUT2D eigenvalue weighted by Gasteiger charge is 2.53. The van der Waals surface area contributed by atoms with E-state index in [0.717, 1.165) is 17.9 Å². The number of aromatic nitrogens is 2. The molecule has 2 heterocycles. The first-order chi connectivity index (χ1) is 10.7. The van der Waals surface area contributed by atoms with Crippen LogP contribution in [0.1, 0.15) is 18.7 Å². The molecule has 0 spiro atoms. The van der Waals surface area contributed by atoms with Crippen molar-refractivity contribution in [1.29, 1.82) is 0 Å². The molecule has 1 saturated heterocycles. The number of hydrogen-bond donors (Lipinski definition) is 4. The standard InChI is InChI=1S/C13H18N2O8/c1-13(21)9(18)7(5-16)23-11(13)15-4-6(3-8(17)22-2)10(19)14-12(15)20/h4,7,9,11,16,18,21H,3,5H2,1-2H3,(H,14,19,20)/t7-,9-,11-,13-/m1/s1. The second-order valence-corrected chi connectivity index (χ2v) is 5.45. The predicted molar refractivity (Wildman–Crippen MR) is 74.7 cm³/mol.